The highest BCUT2D eigenvalue weighted by Gasteiger charge is 2.47. The van der Waals surface area contributed by atoms with Gasteiger partial charge in [0.2, 0.25) is 0 Å². The van der Waals surface area contributed by atoms with Crippen molar-refractivity contribution >= 4 is 0 Å². The molecule has 0 rings (SSSR count). The van der Waals surface area contributed by atoms with E-state index in [-0.39, 0.29) is 0 Å². The lowest BCUT2D eigenvalue weighted by atomic mass is 9.69. The zero-order valence-electron chi connectivity index (χ0n) is 25.5. The number of allylic oxidation sites excluding steroid dienone is 6. The summed E-state index contributed by atoms with van der Waals surface area (Å²) in [5.74, 6) is -1.08. The fraction of sp³-hybridized carbons (Fsp3) is 0.818. The van der Waals surface area contributed by atoms with Gasteiger partial charge in [-0.05, 0) is 130 Å². The Balaban J connectivity index is 5.33. The summed E-state index contributed by atoms with van der Waals surface area (Å²) in [5, 5.41) is 32.1. The predicted molar refractivity (Wildman–Crippen MR) is 158 cm³/mol. The van der Waals surface area contributed by atoms with Crippen molar-refractivity contribution in [3.63, 3.8) is 0 Å². The topological polar surface area (TPSA) is 60.7 Å². The fourth-order valence-corrected chi connectivity index (χ4v) is 5.12. The lowest BCUT2D eigenvalue weighted by molar-refractivity contribution is -0.380. The van der Waals surface area contributed by atoms with Gasteiger partial charge >= 0.3 is 0 Å². The Labute approximate surface area is 225 Å². The molecule has 0 aliphatic rings. The molecule has 0 aliphatic heterocycles. The maximum Gasteiger partial charge on any atom is 0.281 e. The molecular weight excluding hydrogens is 444 g/mol. The Morgan fingerprint density at radius 2 is 0.861 bits per heavy atom. The summed E-state index contributed by atoms with van der Waals surface area (Å²) in [7, 11) is 0. The van der Waals surface area contributed by atoms with Gasteiger partial charge in [-0.15, -0.1) is 0 Å². The maximum atomic E-state index is 10.7. The van der Waals surface area contributed by atoms with Crippen LogP contribution in [-0.4, -0.2) is 21.3 Å². The molecule has 0 aromatic carbocycles. The summed E-state index contributed by atoms with van der Waals surface area (Å²) in [4.78, 5) is 0. The highest BCUT2D eigenvalue weighted by Crippen LogP contribution is 2.45. The van der Waals surface area contributed by atoms with Crippen molar-refractivity contribution in [3.05, 3.63) is 34.9 Å². The van der Waals surface area contributed by atoms with Crippen LogP contribution in [0.25, 0.3) is 0 Å². The first-order valence-electron chi connectivity index (χ1n) is 14.8. The second-order valence-electron chi connectivity index (χ2n) is 12.8. The standard InChI is InChI=1S/C33H62O3/c1-26(2)14-10-17-29(7)20-13-23-32(33(34,35)36,24-21-30(8)18-11-15-27(3)4)25-22-31(9)19-12-16-28(5)6/h14-16,29-31,34-36H,10-13,17-25H2,1-9H3. The number of hydrogen-bond acceptors (Lipinski definition) is 3. The molecule has 3 unspecified atom stereocenters. The van der Waals surface area contributed by atoms with Crippen molar-refractivity contribution in [2.45, 2.75) is 152 Å². The molecule has 0 aromatic heterocycles. The van der Waals surface area contributed by atoms with E-state index in [1.807, 2.05) is 0 Å². The van der Waals surface area contributed by atoms with Crippen LogP contribution in [0.5, 0.6) is 0 Å². The van der Waals surface area contributed by atoms with E-state index in [1.54, 1.807) is 0 Å². The summed E-state index contributed by atoms with van der Waals surface area (Å²) in [5.41, 5.74) is 3.18. The molecule has 3 atom stereocenters. The number of hydrogen-bond donors (Lipinski definition) is 3. The molecule has 0 spiro atoms. The van der Waals surface area contributed by atoms with Crippen LogP contribution in [0.4, 0.5) is 0 Å². The van der Waals surface area contributed by atoms with Crippen LogP contribution < -0.4 is 0 Å². The monoisotopic (exact) mass is 506 g/mol. The summed E-state index contributed by atoms with van der Waals surface area (Å²) < 4.78 is 0. The molecule has 212 valence electrons. The first-order chi connectivity index (χ1) is 16.7. The van der Waals surface area contributed by atoms with Crippen molar-refractivity contribution in [3.8, 4) is 0 Å². The largest absolute Gasteiger partial charge is 0.343 e. The van der Waals surface area contributed by atoms with Crippen LogP contribution in [0.15, 0.2) is 34.9 Å². The van der Waals surface area contributed by atoms with Gasteiger partial charge in [0.05, 0.1) is 5.41 Å². The molecule has 3 heteroatoms. The number of rotatable bonds is 20. The first-order valence-corrected chi connectivity index (χ1v) is 14.8. The van der Waals surface area contributed by atoms with E-state index in [0.717, 1.165) is 64.2 Å². The summed E-state index contributed by atoms with van der Waals surface area (Å²) >= 11 is 0. The molecule has 0 radical (unpaired) electrons. The van der Waals surface area contributed by atoms with E-state index in [2.05, 4.69) is 80.5 Å². The van der Waals surface area contributed by atoms with Gasteiger partial charge < -0.3 is 15.3 Å². The quantitative estimate of drug-likeness (QED) is 0.114. The molecule has 3 N–H and O–H groups in total. The van der Waals surface area contributed by atoms with Crippen molar-refractivity contribution in [2.75, 3.05) is 0 Å². The van der Waals surface area contributed by atoms with Crippen LogP contribution in [-0.2, 0) is 0 Å². The van der Waals surface area contributed by atoms with E-state index >= 15 is 0 Å². The number of aliphatic hydroxyl groups is 3. The van der Waals surface area contributed by atoms with Gasteiger partial charge in [0.15, 0.2) is 0 Å². The Kier molecular flexibility index (Phi) is 17.9. The minimum atomic E-state index is -2.64. The molecule has 0 fully saturated rings. The third-order valence-electron chi connectivity index (χ3n) is 7.93. The SMILES string of the molecule is CC(C)=CCCC(C)CCCC(CCC(C)CCC=C(C)C)(CCC(C)CCC=C(C)C)C(O)(O)O. The van der Waals surface area contributed by atoms with E-state index in [1.165, 1.54) is 16.7 Å². The third kappa shape index (κ3) is 16.8. The third-order valence-corrected chi connectivity index (χ3v) is 7.93. The average molecular weight is 507 g/mol. The summed E-state index contributed by atoms with van der Waals surface area (Å²) in [6.45, 7) is 19.6. The Hall–Kier alpha value is -0.900. The molecular formula is C33H62O3. The van der Waals surface area contributed by atoms with Gasteiger partial charge in [-0.25, -0.2) is 0 Å². The van der Waals surface area contributed by atoms with Gasteiger partial charge in [-0.2, -0.15) is 0 Å². The Morgan fingerprint density at radius 3 is 1.17 bits per heavy atom. The highest BCUT2D eigenvalue weighted by molar-refractivity contribution is 4.95. The Morgan fingerprint density at radius 1 is 0.528 bits per heavy atom. The zero-order chi connectivity index (χ0) is 27.8. The van der Waals surface area contributed by atoms with Crippen LogP contribution in [0.3, 0.4) is 0 Å². The van der Waals surface area contributed by atoms with Crippen molar-refractivity contribution in [1.29, 1.82) is 0 Å². The molecule has 0 bridgehead atoms. The van der Waals surface area contributed by atoms with E-state index in [9.17, 15) is 15.3 Å². The highest BCUT2D eigenvalue weighted by atomic mass is 16.7. The molecule has 0 aromatic rings. The van der Waals surface area contributed by atoms with E-state index in [0.29, 0.717) is 37.0 Å². The van der Waals surface area contributed by atoms with E-state index < -0.39 is 11.4 Å². The predicted octanol–water partition coefficient (Wildman–Crippen LogP) is 9.48. The molecule has 0 aliphatic carbocycles. The molecule has 0 saturated carbocycles. The van der Waals surface area contributed by atoms with Gasteiger partial charge in [0.1, 0.15) is 0 Å². The van der Waals surface area contributed by atoms with E-state index in [4.69, 9.17) is 0 Å². The lowest BCUT2D eigenvalue weighted by Gasteiger charge is -2.42. The normalized spacial score (nSPS) is 16.0. The van der Waals surface area contributed by atoms with Crippen LogP contribution in [0.2, 0.25) is 0 Å². The second kappa shape index (κ2) is 18.4. The Bertz CT molecular complexity index is 621. The second-order valence-corrected chi connectivity index (χ2v) is 12.8. The smallest absolute Gasteiger partial charge is 0.281 e. The summed E-state index contributed by atoms with van der Waals surface area (Å²) in [6, 6.07) is 0. The molecule has 3 nitrogen and oxygen atoms in total. The maximum absolute atomic E-state index is 10.7. The van der Waals surface area contributed by atoms with Crippen molar-refractivity contribution in [2.24, 2.45) is 23.2 Å². The fourth-order valence-electron chi connectivity index (χ4n) is 5.12. The minimum Gasteiger partial charge on any atom is -0.343 e. The van der Waals surface area contributed by atoms with Crippen molar-refractivity contribution < 1.29 is 15.3 Å². The molecule has 0 heterocycles. The summed E-state index contributed by atoms with van der Waals surface area (Å²) in [6.07, 6.45) is 19.2. The van der Waals surface area contributed by atoms with Crippen LogP contribution >= 0.6 is 0 Å². The lowest BCUT2D eigenvalue weighted by Crippen LogP contribution is -2.49. The minimum absolute atomic E-state index is 0.486. The molecule has 36 heavy (non-hydrogen) atoms. The van der Waals surface area contributed by atoms with Gasteiger partial charge in [-0.1, -0.05) is 68.6 Å². The van der Waals surface area contributed by atoms with Crippen molar-refractivity contribution in [1.82, 2.24) is 0 Å². The molecule has 0 amide bonds. The first kappa shape index (κ1) is 35.1. The van der Waals surface area contributed by atoms with Crippen LogP contribution in [0.1, 0.15) is 146 Å². The average Bonchev–Trinajstić information content (AvgIpc) is 2.73. The molecule has 0 saturated heterocycles. The van der Waals surface area contributed by atoms with Crippen LogP contribution in [0, 0.1) is 23.2 Å². The van der Waals surface area contributed by atoms with Gasteiger partial charge in [0, 0.05) is 0 Å². The van der Waals surface area contributed by atoms with Gasteiger partial charge in [0.25, 0.3) is 5.97 Å². The van der Waals surface area contributed by atoms with Gasteiger partial charge in [-0.3, -0.25) is 0 Å². The zero-order valence-corrected chi connectivity index (χ0v) is 25.5.